The van der Waals surface area contributed by atoms with E-state index in [0.717, 1.165) is 25.7 Å². The summed E-state index contributed by atoms with van der Waals surface area (Å²) in [6.07, 6.45) is 5.78. The van der Waals surface area contributed by atoms with Crippen LogP contribution < -0.4 is 15.8 Å². The van der Waals surface area contributed by atoms with Gasteiger partial charge in [-0.3, -0.25) is 4.79 Å². The minimum absolute atomic E-state index is 0.0464. The van der Waals surface area contributed by atoms with E-state index in [1.54, 1.807) is 18.3 Å². The number of ether oxygens (including phenoxy) is 1. The number of nitrogens with two attached hydrogens (primary N) is 1. The lowest BCUT2D eigenvalue weighted by Crippen LogP contribution is -2.25. The fourth-order valence-electron chi connectivity index (χ4n) is 3.84. The Labute approximate surface area is 203 Å². The van der Waals surface area contributed by atoms with Gasteiger partial charge in [0.2, 0.25) is 0 Å². The van der Waals surface area contributed by atoms with Crippen molar-refractivity contribution in [2.75, 3.05) is 18.9 Å². The van der Waals surface area contributed by atoms with Crippen LogP contribution in [0.5, 0.6) is 11.5 Å². The summed E-state index contributed by atoms with van der Waals surface area (Å²) in [5.41, 5.74) is 9.50. The second kappa shape index (κ2) is 10.9. The van der Waals surface area contributed by atoms with Gasteiger partial charge in [-0.2, -0.15) is 9.78 Å². The number of hydrogen-bond donors (Lipinski definition) is 3. The summed E-state index contributed by atoms with van der Waals surface area (Å²) in [5.74, 6) is 0.257. The highest BCUT2D eigenvalue weighted by Crippen LogP contribution is 2.29. The predicted molar refractivity (Wildman–Crippen MR) is 138 cm³/mol. The van der Waals surface area contributed by atoms with Crippen LogP contribution in [-0.4, -0.2) is 45.0 Å². The third-order valence-corrected chi connectivity index (χ3v) is 5.62. The summed E-state index contributed by atoms with van der Waals surface area (Å²) in [5, 5.41) is 17.4. The van der Waals surface area contributed by atoms with Crippen molar-refractivity contribution in [2.45, 2.75) is 39.5 Å². The van der Waals surface area contributed by atoms with Gasteiger partial charge in [0.25, 0.3) is 5.91 Å². The van der Waals surface area contributed by atoms with Crippen molar-refractivity contribution in [3.63, 3.8) is 0 Å². The maximum absolute atomic E-state index is 13.1. The van der Waals surface area contributed by atoms with Gasteiger partial charge in [0.05, 0.1) is 23.9 Å². The topological polar surface area (TPSA) is 128 Å². The largest absolute Gasteiger partial charge is 0.504 e. The SMILES string of the molecule is CCCCCCNC(=O)c1c(N)n(N=Cc2ccc(O)c(OCC)c2)c2nc3ccccc3nc12. The molecule has 0 aliphatic rings. The van der Waals surface area contributed by atoms with E-state index >= 15 is 0 Å². The molecule has 4 rings (SSSR count). The minimum Gasteiger partial charge on any atom is -0.504 e. The molecular formula is C26H30N6O3. The summed E-state index contributed by atoms with van der Waals surface area (Å²) in [6.45, 7) is 4.96. The van der Waals surface area contributed by atoms with Gasteiger partial charge < -0.3 is 20.9 Å². The molecular weight excluding hydrogens is 444 g/mol. The first-order valence-electron chi connectivity index (χ1n) is 11.9. The second-order valence-corrected chi connectivity index (χ2v) is 8.18. The number of unbranched alkanes of at least 4 members (excludes halogenated alkanes) is 3. The maximum Gasteiger partial charge on any atom is 0.257 e. The smallest absolute Gasteiger partial charge is 0.257 e. The molecule has 9 heteroatoms. The molecule has 4 aromatic rings. The Kier molecular flexibility index (Phi) is 7.45. The van der Waals surface area contributed by atoms with Gasteiger partial charge in [-0.05, 0) is 49.2 Å². The number of hydrogen-bond acceptors (Lipinski definition) is 7. The number of para-hydroxylation sites is 2. The molecule has 0 saturated heterocycles. The van der Waals surface area contributed by atoms with Crippen LogP contribution in [0.1, 0.15) is 55.5 Å². The molecule has 4 N–H and O–H groups in total. The third kappa shape index (κ3) is 5.18. The van der Waals surface area contributed by atoms with Crippen LogP contribution >= 0.6 is 0 Å². The molecule has 0 radical (unpaired) electrons. The average Bonchev–Trinajstić information content (AvgIpc) is 3.13. The van der Waals surface area contributed by atoms with Crippen molar-refractivity contribution in [3.8, 4) is 11.5 Å². The van der Waals surface area contributed by atoms with Crippen LogP contribution in [0.2, 0.25) is 0 Å². The zero-order valence-corrected chi connectivity index (χ0v) is 20.0. The number of fused-ring (bicyclic) bond motifs is 2. The molecule has 0 aliphatic carbocycles. The number of aromatic hydroxyl groups is 1. The van der Waals surface area contributed by atoms with Gasteiger partial charge in [0.15, 0.2) is 17.1 Å². The number of phenolic OH excluding ortho intramolecular Hbond substituents is 1. The van der Waals surface area contributed by atoms with Gasteiger partial charge in [-0.15, -0.1) is 0 Å². The highest BCUT2D eigenvalue weighted by atomic mass is 16.5. The number of carbonyl (C=O) groups is 1. The molecule has 0 saturated carbocycles. The summed E-state index contributed by atoms with van der Waals surface area (Å²) in [7, 11) is 0. The van der Waals surface area contributed by atoms with Crippen molar-refractivity contribution < 1.29 is 14.6 Å². The first-order chi connectivity index (χ1) is 17.0. The Morgan fingerprint density at radius 2 is 1.91 bits per heavy atom. The number of amides is 1. The van der Waals surface area contributed by atoms with Crippen LogP contribution in [0.3, 0.4) is 0 Å². The monoisotopic (exact) mass is 474 g/mol. The fourth-order valence-corrected chi connectivity index (χ4v) is 3.84. The molecule has 2 aromatic heterocycles. The number of nitrogens with one attached hydrogen (secondary N) is 1. The number of carbonyl (C=O) groups excluding carboxylic acids is 1. The lowest BCUT2D eigenvalue weighted by molar-refractivity contribution is 0.0955. The Morgan fingerprint density at radius 3 is 2.66 bits per heavy atom. The molecule has 182 valence electrons. The first-order valence-corrected chi connectivity index (χ1v) is 11.9. The zero-order chi connectivity index (χ0) is 24.8. The second-order valence-electron chi connectivity index (χ2n) is 8.18. The molecule has 0 unspecified atom stereocenters. The summed E-state index contributed by atoms with van der Waals surface area (Å²) in [4.78, 5) is 22.5. The molecule has 2 heterocycles. The molecule has 1 amide bonds. The lowest BCUT2D eigenvalue weighted by Gasteiger charge is -2.06. The Bertz CT molecular complexity index is 1380. The molecule has 0 bridgehead atoms. The van der Waals surface area contributed by atoms with E-state index < -0.39 is 0 Å². The molecule has 0 fully saturated rings. The van der Waals surface area contributed by atoms with E-state index in [4.69, 9.17) is 20.4 Å². The summed E-state index contributed by atoms with van der Waals surface area (Å²) in [6, 6.07) is 12.4. The molecule has 35 heavy (non-hydrogen) atoms. The highest BCUT2D eigenvalue weighted by molar-refractivity contribution is 6.10. The zero-order valence-electron chi connectivity index (χ0n) is 20.0. The standard InChI is InChI=1S/C26H30N6O3/c1-3-5-6-9-14-28-26(34)22-23-25(31-19-11-8-7-10-18(19)30-23)32(24(22)27)29-16-17-12-13-20(33)21(15-17)35-4-2/h7-8,10-13,15-16,33H,3-6,9,14,27H2,1-2H3,(H,28,34). The van der Waals surface area contributed by atoms with Crippen molar-refractivity contribution >= 4 is 40.1 Å². The Balaban J connectivity index is 1.74. The van der Waals surface area contributed by atoms with Crippen molar-refractivity contribution in [1.82, 2.24) is 20.0 Å². The van der Waals surface area contributed by atoms with Crippen LogP contribution in [0.4, 0.5) is 5.82 Å². The van der Waals surface area contributed by atoms with E-state index in [-0.39, 0.29) is 23.0 Å². The van der Waals surface area contributed by atoms with Gasteiger partial charge in [-0.1, -0.05) is 38.3 Å². The Morgan fingerprint density at radius 1 is 1.14 bits per heavy atom. The summed E-state index contributed by atoms with van der Waals surface area (Å²) >= 11 is 0. The Hall–Kier alpha value is -4.14. The number of aromatic nitrogens is 3. The molecule has 0 spiro atoms. The van der Waals surface area contributed by atoms with E-state index in [1.807, 2.05) is 31.2 Å². The van der Waals surface area contributed by atoms with Crippen molar-refractivity contribution in [3.05, 3.63) is 53.6 Å². The molecule has 2 aromatic carbocycles. The third-order valence-electron chi connectivity index (χ3n) is 5.62. The van der Waals surface area contributed by atoms with Crippen LogP contribution in [-0.2, 0) is 0 Å². The number of benzene rings is 2. The van der Waals surface area contributed by atoms with Gasteiger partial charge in [-0.25, -0.2) is 9.97 Å². The summed E-state index contributed by atoms with van der Waals surface area (Å²) < 4.78 is 6.88. The van der Waals surface area contributed by atoms with E-state index in [2.05, 4.69) is 17.3 Å². The van der Waals surface area contributed by atoms with Crippen LogP contribution in [0.25, 0.3) is 22.2 Å². The van der Waals surface area contributed by atoms with E-state index in [0.29, 0.717) is 46.7 Å². The van der Waals surface area contributed by atoms with Crippen molar-refractivity contribution in [2.24, 2.45) is 5.10 Å². The number of anilines is 1. The molecule has 9 nitrogen and oxygen atoms in total. The van der Waals surface area contributed by atoms with Gasteiger partial charge in [0.1, 0.15) is 16.9 Å². The van der Waals surface area contributed by atoms with Crippen molar-refractivity contribution in [1.29, 1.82) is 0 Å². The quantitative estimate of drug-likeness (QED) is 0.230. The van der Waals surface area contributed by atoms with Gasteiger partial charge in [0, 0.05) is 6.54 Å². The van der Waals surface area contributed by atoms with E-state index in [9.17, 15) is 9.90 Å². The normalized spacial score (nSPS) is 11.5. The van der Waals surface area contributed by atoms with Gasteiger partial charge >= 0.3 is 0 Å². The number of nitrogen functional groups attached to an aromatic ring is 1. The fraction of sp³-hybridized carbons (Fsp3) is 0.308. The predicted octanol–water partition coefficient (Wildman–Crippen LogP) is 4.46. The highest BCUT2D eigenvalue weighted by Gasteiger charge is 2.23. The minimum atomic E-state index is -0.300. The maximum atomic E-state index is 13.1. The first kappa shape index (κ1) is 24.0. The molecule has 0 aliphatic heterocycles. The number of nitrogens with zero attached hydrogens (tertiary/aromatic N) is 4. The number of phenols is 1. The van der Waals surface area contributed by atoms with Crippen LogP contribution in [0.15, 0.2) is 47.6 Å². The lowest BCUT2D eigenvalue weighted by atomic mass is 10.2. The molecule has 0 atom stereocenters. The number of rotatable bonds is 10. The van der Waals surface area contributed by atoms with Crippen LogP contribution in [0, 0.1) is 0 Å². The average molecular weight is 475 g/mol. The van der Waals surface area contributed by atoms with E-state index in [1.165, 1.54) is 10.7 Å².